The van der Waals surface area contributed by atoms with Gasteiger partial charge in [-0.3, -0.25) is 0 Å². The Hall–Kier alpha value is -3.60. The van der Waals surface area contributed by atoms with Crippen LogP contribution in [0.15, 0.2) is 36.5 Å². The van der Waals surface area contributed by atoms with Crippen LogP contribution in [0.4, 0.5) is 40.6 Å². The van der Waals surface area contributed by atoms with Crippen LogP contribution in [0, 0.1) is 17.5 Å². The molecule has 2 aliphatic heterocycles. The Labute approximate surface area is 231 Å². The maximum Gasteiger partial charge on any atom is 0.263 e. The number of fused-ring (bicyclic) bond motifs is 1. The Balaban J connectivity index is 1.39. The summed E-state index contributed by atoms with van der Waals surface area (Å²) in [4.78, 5) is 14.1. The van der Waals surface area contributed by atoms with Gasteiger partial charge in [-0.2, -0.15) is 4.39 Å². The maximum absolute atomic E-state index is 15.1. The van der Waals surface area contributed by atoms with Gasteiger partial charge in [0.1, 0.15) is 11.5 Å². The first-order valence-electron chi connectivity index (χ1n) is 13.4. The highest BCUT2D eigenvalue weighted by Gasteiger charge is 2.38. The second-order valence-electron chi connectivity index (χ2n) is 11.1. The van der Waals surface area contributed by atoms with Crippen molar-refractivity contribution in [2.24, 2.45) is 0 Å². The summed E-state index contributed by atoms with van der Waals surface area (Å²) in [5.41, 5.74) is 1.20. The molecule has 1 aromatic heterocycles. The Bertz CT molecular complexity index is 1390. The highest BCUT2D eigenvalue weighted by Crippen LogP contribution is 2.43. The molecule has 214 valence electrons. The molecule has 1 atom stereocenters. The minimum Gasteiger partial charge on any atom is -0.451 e. The Morgan fingerprint density at radius 1 is 1.02 bits per heavy atom. The van der Waals surface area contributed by atoms with Gasteiger partial charge in [0.2, 0.25) is 5.95 Å². The summed E-state index contributed by atoms with van der Waals surface area (Å²) in [6, 6.07) is 7.67. The average molecular weight is 559 g/mol. The third-order valence-electron chi connectivity index (χ3n) is 7.48. The molecule has 0 amide bonds. The molecule has 0 aliphatic carbocycles. The molecule has 0 bridgehead atoms. The summed E-state index contributed by atoms with van der Waals surface area (Å²) in [7, 11) is 4.12. The van der Waals surface area contributed by atoms with E-state index in [2.05, 4.69) is 34.3 Å². The lowest BCUT2D eigenvalue weighted by Gasteiger charge is -2.40. The zero-order valence-corrected chi connectivity index (χ0v) is 23.3. The molecule has 0 radical (unpaired) electrons. The first kappa shape index (κ1) is 27.9. The number of benzene rings is 2. The highest BCUT2D eigenvalue weighted by molar-refractivity contribution is 5.73. The van der Waals surface area contributed by atoms with Gasteiger partial charge in [-0.1, -0.05) is 0 Å². The summed E-state index contributed by atoms with van der Waals surface area (Å²) < 4.78 is 65.1. The number of nitrogens with one attached hydrogen (secondary N) is 1. The van der Waals surface area contributed by atoms with Crippen LogP contribution in [0.5, 0.6) is 5.75 Å². The molecule has 0 spiro atoms. The molecule has 1 N–H and O–H groups in total. The fraction of sp³-hybridized carbons (Fsp3) is 0.448. The zero-order valence-electron chi connectivity index (χ0n) is 23.3. The zero-order chi connectivity index (χ0) is 28.8. The van der Waals surface area contributed by atoms with E-state index in [1.165, 1.54) is 19.1 Å². The van der Waals surface area contributed by atoms with Crippen molar-refractivity contribution < 1.29 is 22.3 Å². The third-order valence-corrected chi connectivity index (χ3v) is 7.48. The Morgan fingerprint density at radius 3 is 2.40 bits per heavy atom. The summed E-state index contributed by atoms with van der Waals surface area (Å²) >= 11 is 0. The van der Waals surface area contributed by atoms with Gasteiger partial charge in [0, 0.05) is 43.3 Å². The van der Waals surface area contributed by atoms with Crippen molar-refractivity contribution >= 4 is 23.0 Å². The molecular formula is C29H34F4N6O. The number of ether oxygens (including phenoxy) is 1. The second kappa shape index (κ2) is 10.8. The molecule has 7 nitrogen and oxygen atoms in total. The smallest absolute Gasteiger partial charge is 0.263 e. The van der Waals surface area contributed by atoms with Gasteiger partial charge < -0.3 is 24.8 Å². The molecule has 1 saturated heterocycles. The minimum absolute atomic E-state index is 0.0155. The Morgan fingerprint density at radius 2 is 1.75 bits per heavy atom. The molecule has 2 aliphatic rings. The second-order valence-corrected chi connectivity index (χ2v) is 11.1. The van der Waals surface area contributed by atoms with Crippen LogP contribution in [0.1, 0.15) is 33.6 Å². The number of hydrogen-bond donors (Lipinski definition) is 1. The molecule has 0 saturated carbocycles. The van der Waals surface area contributed by atoms with Crippen molar-refractivity contribution in [2.75, 3.05) is 48.8 Å². The molecule has 1 unspecified atom stereocenters. The van der Waals surface area contributed by atoms with E-state index in [1.54, 1.807) is 17.0 Å². The topological polar surface area (TPSA) is 56.8 Å². The van der Waals surface area contributed by atoms with Crippen LogP contribution in [-0.2, 0) is 0 Å². The summed E-state index contributed by atoms with van der Waals surface area (Å²) in [5, 5.41) is 2.92. The molecule has 5 rings (SSSR count). The van der Waals surface area contributed by atoms with Crippen molar-refractivity contribution in [1.82, 2.24) is 14.9 Å². The van der Waals surface area contributed by atoms with Gasteiger partial charge in [0.15, 0.2) is 17.4 Å². The average Bonchev–Trinajstić information content (AvgIpc) is 2.89. The van der Waals surface area contributed by atoms with Crippen molar-refractivity contribution in [2.45, 2.75) is 51.6 Å². The summed E-state index contributed by atoms with van der Waals surface area (Å²) in [5.74, 6) is -4.28. The minimum atomic E-state index is -2.08. The predicted octanol–water partition coefficient (Wildman–Crippen LogP) is 6.13. The van der Waals surface area contributed by atoms with Gasteiger partial charge in [0.05, 0.1) is 24.1 Å². The van der Waals surface area contributed by atoms with E-state index in [0.29, 0.717) is 23.1 Å². The SMILES string of the molecule is CC(C)N1CC(C)(F)Oc2c(F)cc(-c3nc(Nc4ccc(N5CCC(N(C)C)CC5)c(F)c4)ncc3F)cc21. The van der Waals surface area contributed by atoms with Crippen molar-refractivity contribution in [3.63, 3.8) is 0 Å². The van der Waals surface area contributed by atoms with E-state index in [4.69, 9.17) is 4.74 Å². The molecule has 2 aromatic carbocycles. The first-order valence-corrected chi connectivity index (χ1v) is 13.4. The van der Waals surface area contributed by atoms with Crippen LogP contribution >= 0.6 is 0 Å². The van der Waals surface area contributed by atoms with E-state index < -0.39 is 17.5 Å². The van der Waals surface area contributed by atoms with Crippen LogP contribution < -0.4 is 19.9 Å². The number of piperidine rings is 1. The number of rotatable bonds is 6. The van der Waals surface area contributed by atoms with Crippen LogP contribution in [0.25, 0.3) is 11.3 Å². The van der Waals surface area contributed by atoms with E-state index in [1.807, 2.05) is 18.7 Å². The van der Waals surface area contributed by atoms with Gasteiger partial charge in [0.25, 0.3) is 5.85 Å². The predicted molar refractivity (Wildman–Crippen MR) is 149 cm³/mol. The van der Waals surface area contributed by atoms with Crippen LogP contribution in [-0.4, -0.2) is 66.5 Å². The van der Waals surface area contributed by atoms with E-state index in [0.717, 1.165) is 38.2 Å². The first-order chi connectivity index (χ1) is 18.9. The van der Waals surface area contributed by atoms with E-state index in [9.17, 15) is 8.78 Å². The van der Waals surface area contributed by atoms with Crippen molar-refractivity contribution in [1.29, 1.82) is 0 Å². The number of halogens is 4. The van der Waals surface area contributed by atoms with Crippen LogP contribution in [0.3, 0.4) is 0 Å². The van der Waals surface area contributed by atoms with Crippen molar-refractivity contribution in [3.05, 3.63) is 54.0 Å². The van der Waals surface area contributed by atoms with E-state index in [-0.39, 0.29) is 41.4 Å². The maximum atomic E-state index is 15.1. The number of hydrogen-bond acceptors (Lipinski definition) is 7. The third kappa shape index (κ3) is 5.65. The summed E-state index contributed by atoms with van der Waals surface area (Å²) in [6.45, 7) is 6.34. The number of aromatic nitrogens is 2. The molecule has 40 heavy (non-hydrogen) atoms. The fourth-order valence-electron chi connectivity index (χ4n) is 5.35. The molecule has 11 heteroatoms. The summed E-state index contributed by atoms with van der Waals surface area (Å²) in [6.07, 6.45) is 2.88. The number of nitrogens with zero attached hydrogens (tertiary/aromatic N) is 5. The van der Waals surface area contributed by atoms with Gasteiger partial charge in [-0.15, -0.1) is 0 Å². The van der Waals surface area contributed by atoms with Gasteiger partial charge >= 0.3 is 0 Å². The number of anilines is 4. The largest absolute Gasteiger partial charge is 0.451 e. The van der Waals surface area contributed by atoms with Crippen LogP contribution in [0.2, 0.25) is 0 Å². The highest BCUT2D eigenvalue weighted by atomic mass is 19.2. The lowest BCUT2D eigenvalue weighted by molar-refractivity contribution is -0.0475. The van der Waals surface area contributed by atoms with Gasteiger partial charge in [-0.05, 0) is 71.1 Å². The Kier molecular flexibility index (Phi) is 7.52. The van der Waals surface area contributed by atoms with E-state index >= 15 is 8.78 Å². The normalized spacial score (nSPS) is 19.7. The lowest BCUT2D eigenvalue weighted by atomic mass is 10.0. The molecule has 1 fully saturated rings. The van der Waals surface area contributed by atoms with Gasteiger partial charge in [-0.25, -0.2) is 23.1 Å². The number of alkyl halides is 1. The molecule has 3 heterocycles. The standard InChI is InChI=1S/C29H34F4N6O/c1-17(2)39-16-29(3,33)40-27-22(31)12-18(13-25(27)39)26-23(32)15-34-28(36-26)35-19-6-7-24(21(30)14-19)38-10-8-20(9-11-38)37(4)5/h6-7,12-15,17,20H,8-11,16H2,1-5H3,(H,34,35,36). The monoisotopic (exact) mass is 558 g/mol. The lowest BCUT2D eigenvalue weighted by Crippen LogP contribution is -2.49. The molecule has 3 aromatic rings. The van der Waals surface area contributed by atoms with Crippen molar-refractivity contribution in [3.8, 4) is 17.0 Å². The fourth-order valence-corrected chi connectivity index (χ4v) is 5.35. The quantitative estimate of drug-likeness (QED) is 0.366. The molecular weight excluding hydrogens is 524 g/mol.